The lowest BCUT2D eigenvalue weighted by molar-refractivity contribution is 0.0933. The third-order valence-electron chi connectivity index (χ3n) is 2.94. The monoisotopic (exact) mass is 259 g/mol. The van der Waals surface area contributed by atoms with Gasteiger partial charge in [-0.05, 0) is 18.1 Å². The average molecular weight is 259 g/mol. The average Bonchev–Trinajstić information content (AvgIpc) is 2.86. The number of carbonyl (C=O) groups excluding carboxylic acids is 1. The van der Waals surface area contributed by atoms with Gasteiger partial charge in [0.2, 0.25) is 0 Å². The molecule has 1 atom stereocenters. The van der Waals surface area contributed by atoms with Crippen LogP contribution in [-0.2, 0) is 7.05 Å². The lowest BCUT2D eigenvalue weighted by Crippen LogP contribution is -2.27. The number of hydrogen-bond donors (Lipinski definition) is 2. The maximum atomic E-state index is 11.8. The summed E-state index contributed by atoms with van der Waals surface area (Å²) in [5.74, 6) is -0.180. The Labute approximate surface area is 111 Å². The topological polar surface area (TPSA) is 67.2 Å². The van der Waals surface area contributed by atoms with Gasteiger partial charge in [-0.2, -0.15) is 5.10 Å². The number of aliphatic hydroxyl groups is 1. The van der Waals surface area contributed by atoms with Crippen molar-refractivity contribution in [3.05, 3.63) is 53.9 Å². The minimum atomic E-state index is -0.562. The number of nitrogens with one attached hydrogen (secondary N) is 1. The van der Waals surface area contributed by atoms with Crippen molar-refractivity contribution in [2.24, 2.45) is 7.05 Å². The molecule has 19 heavy (non-hydrogen) atoms. The molecule has 5 heteroatoms. The number of rotatable bonds is 5. The minimum Gasteiger partial charge on any atom is -0.388 e. The zero-order chi connectivity index (χ0) is 13.7. The van der Waals surface area contributed by atoms with Crippen LogP contribution in [0.5, 0.6) is 0 Å². The van der Waals surface area contributed by atoms with E-state index in [2.05, 4.69) is 10.4 Å². The third-order valence-corrected chi connectivity index (χ3v) is 2.94. The van der Waals surface area contributed by atoms with Gasteiger partial charge in [-0.3, -0.25) is 9.48 Å². The summed E-state index contributed by atoms with van der Waals surface area (Å²) < 4.78 is 1.52. The lowest BCUT2D eigenvalue weighted by atomic mass is 10.1. The van der Waals surface area contributed by atoms with Crippen molar-refractivity contribution in [1.29, 1.82) is 0 Å². The van der Waals surface area contributed by atoms with Crippen LogP contribution in [0.25, 0.3) is 0 Å². The number of aliphatic hydroxyl groups excluding tert-OH is 1. The van der Waals surface area contributed by atoms with Crippen LogP contribution < -0.4 is 5.32 Å². The molecule has 1 amide bonds. The Morgan fingerprint density at radius 3 is 2.74 bits per heavy atom. The molecule has 1 aromatic heterocycles. The second-order valence-electron chi connectivity index (χ2n) is 4.31. The summed E-state index contributed by atoms with van der Waals surface area (Å²) in [5, 5.41) is 16.7. The Hall–Kier alpha value is -2.14. The number of benzene rings is 1. The fraction of sp³-hybridized carbons (Fsp3) is 0.286. The Morgan fingerprint density at radius 1 is 1.37 bits per heavy atom. The molecule has 0 saturated carbocycles. The van der Waals surface area contributed by atoms with E-state index in [1.54, 1.807) is 19.3 Å². The zero-order valence-corrected chi connectivity index (χ0v) is 10.8. The van der Waals surface area contributed by atoms with Gasteiger partial charge in [-0.1, -0.05) is 30.3 Å². The summed E-state index contributed by atoms with van der Waals surface area (Å²) in [7, 11) is 1.72. The second-order valence-corrected chi connectivity index (χ2v) is 4.31. The van der Waals surface area contributed by atoms with Crippen molar-refractivity contribution in [3.8, 4) is 0 Å². The van der Waals surface area contributed by atoms with Gasteiger partial charge in [0.25, 0.3) is 5.91 Å². The number of amides is 1. The molecule has 0 aliphatic rings. The molecule has 0 radical (unpaired) electrons. The van der Waals surface area contributed by atoms with Gasteiger partial charge >= 0.3 is 0 Å². The van der Waals surface area contributed by atoms with E-state index in [-0.39, 0.29) is 5.91 Å². The molecule has 0 spiro atoms. The molecule has 2 N–H and O–H groups in total. The summed E-state index contributed by atoms with van der Waals surface area (Å²) in [6.07, 6.45) is 1.49. The third kappa shape index (κ3) is 3.42. The Bertz CT molecular complexity index is 537. The van der Waals surface area contributed by atoms with Gasteiger partial charge in [0.05, 0.1) is 6.10 Å². The van der Waals surface area contributed by atoms with E-state index in [4.69, 9.17) is 0 Å². The second kappa shape index (κ2) is 6.15. The number of carbonyl (C=O) groups is 1. The van der Waals surface area contributed by atoms with Crippen molar-refractivity contribution in [3.63, 3.8) is 0 Å². The standard InChI is InChI=1S/C14H17N3O2/c1-17-12(7-10-16-17)14(19)15-9-8-13(18)11-5-3-2-4-6-11/h2-7,10,13,18H,8-9H2,1H3,(H,15,19). The van der Waals surface area contributed by atoms with Crippen LogP contribution in [0.3, 0.4) is 0 Å². The highest BCUT2D eigenvalue weighted by molar-refractivity contribution is 5.92. The van der Waals surface area contributed by atoms with E-state index in [9.17, 15) is 9.90 Å². The van der Waals surface area contributed by atoms with Crippen molar-refractivity contribution >= 4 is 5.91 Å². The molecule has 0 saturated heterocycles. The molecule has 0 bridgehead atoms. The molecule has 0 fully saturated rings. The van der Waals surface area contributed by atoms with Crippen molar-refractivity contribution in [2.45, 2.75) is 12.5 Å². The fourth-order valence-electron chi connectivity index (χ4n) is 1.85. The van der Waals surface area contributed by atoms with E-state index in [1.165, 1.54) is 4.68 Å². The van der Waals surface area contributed by atoms with E-state index >= 15 is 0 Å². The zero-order valence-electron chi connectivity index (χ0n) is 10.8. The van der Waals surface area contributed by atoms with Crippen LogP contribution in [0.1, 0.15) is 28.6 Å². The number of hydrogen-bond acceptors (Lipinski definition) is 3. The van der Waals surface area contributed by atoms with Crippen LogP contribution >= 0.6 is 0 Å². The van der Waals surface area contributed by atoms with Crippen molar-refractivity contribution in [1.82, 2.24) is 15.1 Å². The molecule has 5 nitrogen and oxygen atoms in total. The minimum absolute atomic E-state index is 0.180. The number of aryl methyl sites for hydroxylation is 1. The Balaban J connectivity index is 1.81. The van der Waals surface area contributed by atoms with Crippen LogP contribution in [0.15, 0.2) is 42.6 Å². The molecule has 0 aliphatic carbocycles. The highest BCUT2D eigenvalue weighted by atomic mass is 16.3. The van der Waals surface area contributed by atoms with Crippen LogP contribution in [0.2, 0.25) is 0 Å². The Kier molecular flexibility index (Phi) is 4.30. The summed E-state index contributed by atoms with van der Waals surface area (Å²) in [5.41, 5.74) is 1.37. The highest BCUT2D eigenvalue weighted by Gasteiger charge is 2.11. The summed E-state index contributed by atoms with van der Waals surface area (Å²) in [4.78, 5) is 11.8. The first-order valence-corrected chi connectivity index (χ1v) is 6.17. The van der Waals surface area contributed by atoms with Gasteiger partial charge in [-0.25, -0.2) is 0 Å². The molecular formula is C14H17N3O2. The van der Waals surface area contributed by atoms with Gasteiger partial charge in [0.15, 0.2) is 0 Å². The van der Waals surface area contributed by atoms with Crippen LogP contribution in [0, 0.1) is 0 Å². The van der Waals surface area contributed by atoms with Crippen molar-refractivity contribution < 1.29 is 9.90 Å². The van der Waals surface area contributed by atoms with E-state index in [1.807, 2.05) is 30.3 Å². The molecule has 2 aromatic rings. The summed E-state index contributed by atoms with van der Waals surface area (Å²) in [6.45, 7) is 0.417. The molecular weight excluding hydrogens is 242 g/mol. The summed E-state index contributed by atoms with van der Waals surface area (Å²) in [6, 6.07) is 11.1. The lowest BCUT2D eigenvalue weighted by Gasteiger charge is -2.11. The Morgan fingerprint density at radius 2 is 2.11 bits per heavy atom. The summed E-state index contributed by atoms with van der Waals surface area (Å²) >= 11 is 0. The van der Waals surface area contributed by atoms with E-state index < -0.39 is 6.10 Å². The molecule has 2 rings (SSSR count). The van der Waals surface area contributed by atoms with Crippen LogP contribution in [0.4, 0.5) is 0 Å². The van der Waals surface area contributed by atoms with Crippen LogP contribution in [-0.4, -0.2) is 27.3 Å². The molecule has 1 aromatic carbocycles. The normalized spacial score (nSPS) is 12.1. The number of aromatic nitrogens is 2. The van der Waals surface area contributed by atoms with Gasteiger partial charge in [0.1, 0.15) is 5.69 Å². The fourth-order valence-corrected chi connectivity index (χ4v) is 1.85. The molecule has 0 aliphatic heterocycles. The van der Waals surface area contributed by atoms with E-state index in [0.717, 1.165) is 5.56 Å². The smallest absolute Gasteiger partial charge is 0.269 e. The van der Waals surface area contributed by atoms with Gasteiger partial charge < -0.3 is 10.4 Å². The first-order valence-electron chi connectivity index (χ1n) is 6.17. The number of nitrogens with zero attached hydrogens (tertiary/aromatic N) is 2. The van der Waals surface area contributed by atoms with Gasteiger partial charge in [0, 0.05) is 19.8 Å². The van der Waals surface area contributed by atoms with E-state index in [0.29, 0.717) is 18.7 Å². The predicted octanol–water partition coefficient (Wildman–Crippen LogP) is 1.27. The first-order chi connectivity index (χ1) is 9.18. The largest absolute Gasteiger partial charge is 0.388 e. The SMILES string of the molecule is Cn1nccc1C(=O)NCCC(O)c1ccccc1. The predicted molar refractivity (Wildman–Crippen MR) is 71.6 cm³/mol. The maximum absolute atomic E-state index is 11.8. The maximum Gasteiger partial charge on any atom is 0.269 e. The quantitative estimate of drug-likeness (QED) is 0.849. The first kappa shape index (κ1) is 13.3. The highest BCUT2D eigenvalue weighted by Crippen LogP contribution is 2.14. The molecule has 100 valence electrons. The van der Waals surface area contributed by atoms with Gasteiger partial charge in [-0.15, -0.1) is 0 Å². The van der Waals surface area contributed by atoms with Crippen molar-refractivity contribution in [2.75, 3.05) is 6.54 Å². The molecule has 1 heterocycles. The molecule has 1 unspecified atom stereocenters.